The molecule has 1 N–H and O–H groups in total. The van der Waals surface area contributed by atoms with E-state index in [0.29, 0.717) is 25.2 Å². The minimum atomic E-state index is -1.16. The minimum Gasteiger partial charge on any atom is -0.465 e. The number of nitrogens with zero attached hydrogens (tertiary/aromatic N) is 3. The van der Waals surface area contributed by atoms with Crippen LogP contribution in [0.2, 0.25) is 5.02 Å². The normalized spacial score (nSPS) is 16.5. The highest BCUT2D eigenvalue weighted by Gasteiger charge is 2.24. The molecule has 2 aromatic carbocycles. The van der Waals surface area contributed by atoms with Gasteiger partial charge in [0, 0.05) is 23.7 Å². The molecule has 0 spiro atoms. The molecule has 1 fully saturated rings. The molecule has 0 amide bonds. The van der Waals surface area contributed by atoms with Gasteiger partial charge in [-0.3, -0.25) is 4.84 Å². The molecule has 0 aliphatic carbocycles. The Balaban J connectivity index is 1.55. The van der Waals surface area contributed by atoms with Gasteiger partial charge in [-0.2, -0.15) is 5.06 Å². The number of benzene rings is 2. The molecule has 8 nitrogen and oxygen atoms in total. The summed E-state index contributed by atoms with van der Waals surface area (Å²) in [5.41, 5.74) is 2.11. The zero-order valence-corrected chi connectivity index (χ0v) is 20.5. The standard InChI is InChI=1S/C25H29ClFN3O5/c1-3-9-29(35-15-23(31)19-6-5-17(26)12-20(19)27)14-24-28-21-7-4-16(25(32)33-2)11-22(21)30(24)13-18-8-10-34-18/h4-7,11-12,18,23,31H,3,8-10,13-15H2,1-2H3/t18-,23?/m0/s1. The number of carbonyl (C=O) groups excluding carboxylic acids is 1. The maximum atomic E-state index is 14.2. The first-order chi connectivity index (χ1) is 16.9. The number of halogens is 2. The van der Waals surface area contributed by atoms with Crippen molar-refractivity contribution < 1.29 is 28.6 Å². The summed E-state index contributed by atoms with van der Waals surface area (Å²) in [5, 5.41) is 12.5. The van der Waals surface area contributed by atoms with Gasteiger partial charge >= 0.3 is 5.97 Å². The van der Waals surface area contributed by atoms with Crippen molar-refractivity contribution in [2.75, 3.05) is 26.9 Å². The summed E-state index contributed by atoms with van der Waals surface area (Å²) in [6, 6.07) is 9.40. The molecule has 4 rings (SSSR count). The average Bonchev–Trinajstić information content (AvgIpc) is 3.15. The fraction of sp³-hybridized carbons (Fsp3) is 0.440. The quantitative estimate of drug-likeness (QED) is 0.307. The van der Waals surface area contributed by atoms with Crippen LogP contribution >= 0.6 is 11.6 Å². The number of hydrogen-bond acceptors (Lipinski definition) is 7. The second-order valence-electron chi connectivity index (χ2n) is 8.46. The molecule has 0 radical (unpaired) electrons. The van der Waals surface area contributed by atoms with Crippen molar-refractivity contribution in [1.29, 1.82) is 0 Å². The Bertz CT molecular complexity index is 1180. The van der Waals surface area contributed by atoms with Gasteiger partial charge in [0.2, 0.25) is 0 Å². The lowest BCUT2D eigenvalue weighted by Gasteiger charge is -2.28. The lowest BCUT2D eigenvalue weighted by molar-refractivity contribution is -0.188. The van der Waals surface area contributed by atoms with Gasteiger partial charge in [-0.05, 0) is 43.2 Å². The number of ether oxygens (including phenoxy) is 2. The fourth-order valence-corrected chi connectivity index (χ4v) is 4.17. The van der Waals surface area contributed by atoms with Crippen molar-refractivity contribution in [2.24, 2.45) is 0 Å². The van der Waals surface area contributed by atoms with Crippen LogP contribution in [0.3, 0.4) is 0 Å². The molecular formula is C25H29ClFN3O5. The molecule has 10 heteroatoms. The van der Waals surface area contributed by atoms with Crippen LogP contribution in [0.25, 0.3) is 11.0 Å². The van der Waals surface area contributed by atoms with Gasteiger partial charge in [-0.25, -0.2) is 14.2 Å². The second-order valence-corrected chi connectivity index (χ2v) is 8.89. The van der Waals surface area contributed by atoms with Crippen molar-refractivity contribution in [1.82, 2.24) is 14.6 Å². The predicted molar refractivity (Wildman–Crippen MR) is 128 cm³/mol. The van der Waals surface area contributed by atoms with Crippen LogP contribution in [0.15, 0.2) is 36.4 Å². The summed E-state index contributed by atoms with van der Waals surface area (Å²) in [5.74, 6) is -0.266. The van der Waals surface area contributed by atoms with Gasteiger partial charge in [-0.1, -0.05) is 24.6 Å². The van der Waals surface area contributed by atoms with Gasteiger partial charge in [-0.15, -0.1) is 0 Å². The first kappa shape index (κ1) is 25.5. The number of hydrogen-bond donors (Lipinski definition) is 1. The van der Waals surface area contributed by atoms with Gasteiger partial charge in [0.05, 0.1) is 49.5 Å². The molecule has 188 valence electrons. The summed E-state index contributed by atoms with van der Waals surface area (Å²) < 4.78 is 26.7. The maximum Gasteiger partial charge on any atom is 0.337 e. The van der Waals surface area contributed by atoms with Crippen LogP contribution in [0.1, 0.15) is 47.6 Å². The van der Waals surface area contributed by atoms with Crippen molar-refractivity contribution in [3.05, 3.63) is 64.2 Å². The number of imidazole rings is 1. The summed E-state index contributed by atoms with van der Waals surface area (Å²) in [6.45, 7) is 4.11. The fourth-order valence-electron chi connectivity index (χ4n) is 4.01. The lowest BCUT2D eigenvalue weighted by atomic mass is 10.1. The number of hydroxylamine groups is 2. The summed E-state index contributed by atoms with van der Waals surface area (Å²) >= 11 is 5.81. The van der Waals surface area contributed by atoms with Crippen LogP contribution in [0, 0.1) is 5.82 Å². The van der Waals surface area contributed by atoms with E-state index in [1.54, 1.807) is 23.3 Å². The number of carbonyl (C=O) groups is 1. The number of aliphatic hydroxyl groups excluding tert-OH is 1. The highest BCUT2D eigenvalue weighted by atomic mass is 35.5. The van der Waals surface area contributed by atoms with Gasteiger partial charge in [0.25, 0.3) is 0 Å². The van der Waals surface area contributed by atoms with Crippen molar-refractivity contribution in [3.63, 3.8) is 0 Å². The molecule has 3 aromatic rings. The highest BCUT2D eigenvalue weighted by Crippen LogP contribution is 2.25. The highest BCUT2D eigenvalue weighted by molar-refractivity contribution is 6.30. The largest absolute Gasteiger partial charge is 0.465 e. The molecule has 0 bridgehead atoms. The third-order valence-electron chi connectivity index (χ3n) is 5.96. The third kappa shape index (κ3) is 5.99. The topological polar surface area (TPSA) is 86.1 Å². The molecular weight excluding hydrogens is 477 g/mol. The maximum absolute atomic E-state index is 14.2. The van der Waals surface area contributed by atoms with Crippen molar-refractivity contribution >= 4 is 28.6 Å². The van der Waals surface area contributed by atoms with Crippen molar-refractivity contribution in [3.8, 4) is 0 Å². The SMILES string of the molecule is CCCN(Cc1nc2ccc(C(=O)OC)cc2n1C[C@@H]1CCO1)OCC(O)c1ccc(Cl)cc1F. The Labute approximate surface area is 208 Å². The van der Waals surface area contributed by atoms with E-state index >= 15 is 0 Å². The number of methoxy groups -OCH3 is 1. The van der Waals surface area contributed by atoms with E-state index in [0.717, 1.165) is 42.4 Å². The average molecular weight is 506 g/mol. The number of rotatable bonds is 11. The predicted octanol–water partition coefficient (Wildman–Crippen LogP) is 4.28. The molecule has 35 heavy (non-hydrogen) atoms. The zero-order valence-electron chi connectivity index (χ0n) is 19.7. The van der Waals surface area contributed by atoms with Crippen LogP contribution in [-0.4, -0.2) is 58.7 Å². The monoisotopic (exact) mass is 505 g/mol. The van der Waals surface area contributed by atoms with E-state index in [2.05, 4.69) is 0 Å². The van der Waals surface area contributed by atoms with Crippen LogP contribution < -0.4 is 0 Å². The second kappa shape index (κ2) is 11.5. The van der Waals surface area contributed by atoms with Gasteiger partial charge < -0.3 is 19.1 Å². The Morgan fingerprint density at radius 2 is 2.17 bits per heavy atom. The first-order valence-corrected chi connectivity index (χ1v) is 12.0. The molecule has 1 aromatic heterocycles. The number of aromatic nitrogens is 2. The van der Waals surface area contributed by atoms with Gasteiger partial charge in [0.15, 0.2) is 0 Å². The minimum absolute atomic E-state index is 0.0724. The number of aliphatic hydroxyl groups is 1. The Morgan fingerprint density at radius 1 is 1.37 bits per heavy atom. The smallest absolute Gasteiger partial charge is 0.337 e. The lowest BCUT2D eigenvalue weighted by Crippen LogP contribution is -2.33. The Morgan fingerprint density at radius 3 is 2.83 bits per heavy atom. The Hall–Kier alpha value is -2.56. The van der Waals surface area contributed by atoms with E-state index in [1.807, 2.05) is 11.5 Å². The van der Waals surface area contributed by atoms with E-state index in [-0.39, 0.29) is 23.3 Å². The van der Waals surface area contributed by atoms with E-state index in [9.17, 15) is 14.3 Å². The molecule has 1 aliphatic heterocycles. The number of fused-ring (bicyclic) bond motifs is 1. The van der Waals surface area contributed by atoms with Crippen molar-refractivity contribution in [2.45, 2.75) is 45.1 Å². The summed E-state index contributed by atoms with van der Waals surface area (Å²) in [4.78, 5) is 22.7. The summed E-state index contributed by atoms with van der Waals surface area (Å²) in [7, 11) is 1.35. The van der Waals surface area contributed by atoms with E-state index < -0.39 is 17.9 Å². The number of esters is 1. The van der Waals surface area contributed by atoms with Crippen LogP contribution in [0.5, 0.6) is 0 Å². The molecule has 2 heterocycles. The summed E-state index contributed by atoms with van der Waals surface area (Å²) in [6.07, 6.45) is 0.660. The Kier molecular flexibility index (Phi) is 8.35. The molecule has 1 unspecified atom stereocenters. The van der Waals surface area contributed by atoms with Gasteiger partial charge in [0.1, 0.15) is 17.7 Å². The third-order valence-corrected chi connectivity index (χ3v) is 6.19. The van der Waals surface area contributed by atoms with E-state index in [1.165, 1.54) is 19.2 Å². The molecule has 1 saturated heterocycles. The molecule has 1 aliphatic rings. The van der Waals surface area contributed by atoms with E-state index in [4.69, 9.17) is 30.9 Å². The van der Waals surface area contributed by atoms with Crippen LogP contribution in [-0.2, 0) is 27.4 Å². The van der Waals surface area contributed by atoms with Crippen LogP contribution in [0.4, 0.5) is 4.39 Å². The first-order valence-electron chi connectivity index (χ1n) is 11.6. The molecule has 0 saturated carbocycles. The molecule has 2 atom stereocenters. The zero-order chi connectivity index (χ0) is 24.9.